The van der Waals surface area contributed by atoms with Crippen molar-refractivity contribution in [2.75, 3.05) is 13.7 Å². The number of halogens is 1. The number of hydrogen-bond acceptors (Lipinski definition) is 7. The maximum atomic E-state index is 13.8. The third-order valence-corrected chi connectivity index (χ3v) is 6.54. The van der Waals surface area contributed by atoms with Gasteiger partial charge in [0.1, 0.15) is 5.75 Å². The molecule has 2 aromatic heterocycles. The van der Waals surface area contributed by atoms with Gasteiger partial charge in [-0.25, -0.2) is 0 Å². The van der Waals surface area contributed by atoms with Gasteiger partial charge in [-0.1, -0.05) is 22.8 Å². The summed E-state index contributed by atoms with van der Waals surface area (Å²) >= 11 is 6.26. The molecule has 0 radical (unpaired) electrons. The lowest BCUT2D eigenvalue weighted by Crippen LogP contribution is -2.32. The van der Waals surface area contributed by atoms with E-state index in [4.69, 9.17) is 20.9 Å². The standard InChI is InChI=1S/C24H23ClN6O3/c1-14-12-20(31-26-9-10-27-31)17(13-21(14)33-3)24(32)30-11-5-8-19(30)22-28-23(34-29-22)16-6-4-7-18(25)15(16)2/h4,6-7,9-10,12-13,19H,5,8,11H2,1-3H3. The molecule has 1 saturated heterocycles. The summed E-state index contributed by atoms with van der Waals surface area (Å²) in [7, 11) is 1.58. The van der Waals surface area contributed by atoms with Gasteiger partial charge in [-0.2, -0.15) is 20.0 Å². The fourth-order valence-corrected chi connectivity index (χ4v) is 4.50. The Hall–Kier alpha value is -3.72. The molecule has 1 unspecified atom stereocenters. The number of amides is 1. The van der Waals surface area contributed by atoms with E-state index < -0.39 is 0 Å². The van der Waals surface area contributed by atoms with Crippen molar-refractivity contribution in [3.8, 4) is 22.9 Å². The highest BCUT2D eigenvalue weighted by atomic mass is 35.5. The number of hydrogen-bond donors (Lipinski definition) is 0. The molecule has 5 rings (SSSR count). The monoisotopic (exact) mass is 478 g/mol. The molecule has 3 heterocycles. The minimum Gasteiger partial charge on any atom is -0.496 e. The van der Waals surface area contributed by atoms with E-state index in [0.717, 1.165) is 29.5 Å². The van der Waals surface area contributed by atoms with Gasteiger partial charge < -0.3 is 14.2 Å². The van der Waals surface area contributed by atoms with Crippen molar-refractivity contribution in [3.05, 3.63) is 70.3 Å². The Bertz CT molecular complexity index is 1350. The molecule has 1 atom stereocenters. The minimum absolute atomic E-state index is 0.168. The second-order valence-electron chi connectivity index (χ2n) is 8.18. The molecule has 4 aromatic rings. The van der Waals surface area contributed by atoms with Crippen LogP contribution in [0.25, 0.3) is 17.1 Å². The molecule has 174 valence electrons. The molecule has 9 nitrogen and oxygen atoms in total. The van der Waals surface area contributed by atoms with Crippen molar-refractivity contribution in [1.82, 2.24) is 30.0 Å². The van der Waals surface area contributed by atoms with Gasteiger partial charge in [-0.15, -0.1) is 0 Å². The number of carbonyl (C=O) groups is 1. The van der Waals surface area contributed by atoms with E-state index in [2.05, 4.69) is 20.3 Å². The number of nitrogens with zero attached hydrogens (tertiary/aromatic N) is 6. The summed E-state index contributed by atoms with van der Waals surface area (Å²) in [6.45, 7) is 4.39. The number of rotatable bonds is 5. The highest BCUT2D eigenvalue weighted by Gasteiger charge is 2.35. The molecule has 2 aromatic carbocycles. The smallest absolute Gasteiger partial charge is 0.258 e. The number of ether oxygens (including phenoxy) is 1. The summed E-state index contributed by atoms with van der Waals surface area (Å²) in [5, 5.41) is 13.3. The van der Waals surface area contributed by atoms with Gasteiger partial charge in [0, 0.05) is 17.1 Å². The molecule has 0 saturated carbocycles. The molecule has 0 aliphatic carbocycles. The maximum Gasteiger partial charge on any atom is 0.258 e. The summed E-state index contributed by atoms with van der Waals surface area (Å²) < 4.78 is 11.0. The number of aromatic nitrogens is 5. The second kappa shape index (κ2) is 8.90. The topological polar surface area (TPSA) is 99.2 Å². The van der Waals surface area contributed by atoms with Crippen molar-refractivity contribution in [3.63, 3.8) is 0 Å². The van der Waals surface area contributed by atoms with Gasteiger partial charge in [0.15, 0.2) is 5.82 Å². The first-order chi connectivity index (χ1) is 16.5. The number of carbonyl (C=O) groups excluding carboxylic acids is 1. The summed E-state index contributed by atoms with van der Waals surface area (Å²) in [6.07, 6.45) is 4.71. The van der Waals surface area contributed by atoms with Gasteiger partial charge in [0.25, 0.3) is 11.8 Å². The number of aryl methyl sites for hydroxylation is 1. The molecule has 1 aliphatic rings. The highest BCUT2D eigenvalue weighted by Crippen LogP contribution is 2.35. The number of methoxy groups -OCH3 is 1. The van der Waals surface area contributed by atoms with Crippen LogP contribution in [-0.2, 0) is 0 Å². The van der Waals surface area contributed by atoms with Crippen molar-refractivity contribution >= 4 is 17.5 Å². The molecule has 10 heteroatoms. The normalized spacial score (nSPS) is 15.6. The largest absolute Gasteiger partial charge is 0.496 e. The van der Waals surface area contributed by atoms with Crippen LogP contribution in [-0.4, -0.2) is 49.6 Å². The third-order valence-electron chi connectivity index (χ3n) is 6.13. The Kier molecular flexibility index (Phi) is 5.79. The molecule has 1 fully saturated rings. The molecule has 1 amide bonds. The maximum absolute atomic E-state index is 13.8. The summed E-state index contributed by atoms with van der Waals surface area (Å²) in [4.78, 5) is 21.6. The van der Waals surface area contributed by atoms with Crippen LogP contribution < -0.4 is 4.74 Å². The Morgan fingerprint density at radius 3 is 2.76 bits per heavy atom. The van der Waals surface area contributed by atoms with Gasteiger partial charge in [-0.05, 0) is 62.1 Å². The van der Waals surface area contributed by atoms with E-state index in [1.54, 1.807) is 30.5 Å². The summed E-state index contributed by atoms with van der Waals surface area (Å²) in [5.41, 5.74) is 3.55. The average Bonchev–Trinajstić information content (AvgIpc) is 3.61. The zero-order chi connectivity index (χ0) is 23.8. The number of likely N-dealkylation sites (tertiary alicyclic amines) is 1. The van der Waals surface area contributed by atoms with Gasteiger partial charge >= 0.3 is 0 Å². The quantitative estimate of drug-likeness (QED) is 0.414. The number of benzene rings is 2. The van der Waals surface area contributed by atoms with Crippen LogP contribution in [0.1, 0.15) is 46.2 Å². The molecule has 0 bridgehead atoms. The molecule has 0 N–H and O–H groups in total. The molecule has 0 spiro atoms. The van der Waals surface area contributed by atoms with E-state index in [9.17, 15) is 4.79 Å². The SMILES string of the molecule is COc1cc(C(=O)N2CCCC2c2noc(-c3cccc(Cl)c3C)n2)c(-n2nccn2)cc1C. The van der Waals surface area contributed by atoms with Crippen LogP contribution in [0.2, 0.25) is 5.02 Å². The van der Waals surface area contributed by atoms with Crippen LogP contribution in [0.4, 0.5) is 0 Å². The van der Waals surface area contributed by atoms with Crippen LogP contribution in [0.15, 0.2) is 47.2 Å². The Labute approximate surface area is 201 Å². The van der Waals surface area contributed by atoms with Gasteiger partial charge in [-0.3, -0.25) is 4.79 Å². The Balaban J connectivity index is 1.50. The Morgan fingerprint density at radius 2 is 2.00 bits per heavy atom. The average molecular weight is 479 g/mol. The summed E-state index contributed by atoms with van der Waals surface area (Å²) in [6, 6.07) is 8.83. The second-order valence-corrected chi connectivity index (χ2v) is 8.59. The Morgan fingerprint density at radius 1 is 1.21 bits per heavy atom. The van der Waals surface area contributed by atoms with E-state index in [1.807, 2.05) is 38.1 Å². The predicted molar refractivity (Wildman–Crippen MR) is 125 cm³/mol. The fraction of sp³-hybridized carbons (Fsp3) is 0.292. The molecule has 1 aliphatic heterocycles. The lowest BCUT2D eigenvalue weighted by molar-refractivity contribution is 0.0727. The van der Waals surface area contributed by atoms with E-state index >= 15 is 0 Å². The third kappa shape index (κ3) is 3.81. The molecule has 34 heavy (non-hydrogen) atoms. The zero-order valence-corrected chi connectivity index (χ0v) is 19.8. The van der Waals surface area contributed by atoms with Crippen molar-refractivity contribution in [2.45, 2.75) is 32.7 Å². The van der Waals surface area contributed by atoms with Gasteiger partial charge in [0.05, 0.1) is 36.8 Å². The van der Waals surface area contributed by atoms with Crippen molar-refractivity contribution < 1.29 is 14.1 Å². The van der Waals surface area contributed by atoms with Crippen LogP contribution in [0, 0.1) is 13.8 Å². The van der Waals surface area contributed by atoms with E-state index in [-0.39, 0.29) is 11.9 Å². The molecular formula is C24H23ClN6O3. The first kappa shape index (κ1) is 22.1. The fourth-order valence-electron chi connectivity index (χ4n) is 4.32. The van der Waals surface area contributed by atoms with E-state index in [0.29, 0.717) is 40.3 Å². The predicted octanol–water partition coefficient (Wildman–Crippen LogP) is 4.57. The van der Waals surface area contributed by atoms with E-state index in [1.165, 1.54) is 4.80 Å². The highest BCUT2D eigenvalue weighted by molar-refractivity contribution is 6.31. The van der Waals surface area contributed by atoms with Crippen molar-refractivity contribution in [2.24, 2.45) is 0 Å². The summed E-state index contributed by atoms with van der Waals surface area (Å²) in [5.74, 6) is 1.30. The lowest BCUT2D eigenvalue weighted by Gasteiger charge is -2.24. The first-order valence-corrected chi connectivity index (χ1v) is 11.3. The van der Waals surface area contributed by atoms with Gasteiger partial charge in [0.2, 0.25) is 0 Å². The van der Waals surface area contributed by atoms with Crippen LogP contribution in [0.3, 0.4) is 0 Å². The minimum atomic E-state index is -0.310. The van der Waals surface area contributed by atoms with Crippen LogP contribution >= 0.6 is 11.6 Å². The molecular weight excluding hydrogens is 456 g/mol. The van der Waals surface area contributed by atoms with Crippen molar-refractivity contribution in [1.29, 1.82) is 0 Å². The zero-order valence-electron chi connectivity index (χ0n) is 19.0. The van der Waals surface area contributed by atoms with Crippen LogP contribution in [0.5, 0.6) is 5.75 Å². The lowest BCUT2D eigenvalue weighted by atomic mass is 10.1. The first-order valence-electron chi connectivity index (χ1n) is 10.9.